The molecule has 1 unspecified atom stereocenters. The fourth-order valence-electron chi connectivity index (χ4n) is 4.89. The van der Waals surface area contributed by atoms with Crippen molar-refractivity contribution in [3.63, 3.8) is 0 Å². The summed E-state index contributed by atoms with van der Waals surface area (Å²) in [6, 6.07) is 10.5. The minimum Gasteiger partial charge on any atom is -0.497 e. The summed E-state index contributed by atoms with van der Waals surface area (Å²) in [5, 5.41) is 6.88. The molecule has 6 nitrogen and oxygen atoms in total. The number of nitrogens with one attached hydrogen (secondary N) is 2. The average Bonchev–Trinajstić information content (AvgIpc) is 3.58. The van der Waals surface area contributed by atoms with Crippen molar-refractivity contribution in [2.45, 2.75) is 50.6 Å². The fraction of sp³-hybridized carbons (Fsp3) is 0.500. The van der Waals surface area contributed by atoms with Crippen molar-refractivity contribution in [2.75, 3.05) is 39.2 Å². The van der Waals surface area contributed by atoms with Crippen LogP contribution in [0.1, 0.15) is 52.7 Å². The van der Waals surface area contributed by atoms with E-state index in [-0.39, 0.29) is 11.4 Å². The molecule has 0 radical (unpaired) electrons. The van der Waals surface area contributed by atoms with Gasteiger partial charge in [0.05, 0.1) is 12.6 Å². The van der Waals surface area contributed by atoms with Crippen molar-refractivity contribution in [2.24, 2.45) is 0 Å². The molecule has 2 fully saturated rings. The number of anilines is 1. The van der Waals surface area contributed by atoms with E-state index in [4.69, 9.17) is 9.47 Å². The van der Waals surface area contributed by atoms with Crippen molar-refractivity contribution in [1.82, 2.24) is 10.2 Å². The summed E-state index contributed by atoms with van der Waals surface area (Å²) in [4.78, 5) is 15.7. The lowest BCUT2D eigenvalue weighted by Gasteiger charge is -2.37. The third-order valence-corrected chi connectivity index (χ3v) is 7.33. The molecule has 6 heteroatoms. The molecule has 1 aliphatic carbocycles. The first-order valence-corrected chi connectivity index (χ1v) is 11.7. The Hall–Kier alpha value is -2.73. The predicted molar refractivity (Wildman–Crippen MR) is 126 cm³/mol. The van der Waals surface area contributed by atoms with Crippen molar-refractivity contribution >= 4 is 11.6 Å². The van der Waals surface area contributed by atoms with E-state index < -0.39 is 0 Å². The smallest absolute Gasteiger partial charge is 0.252 e. The summed E-state index contributed by atoms with van der Waals surface area (Å²) in [6.45, 7) is 4.74. The Morgan fingerprint density at radius 1 is 1.25 bits per heavy atom. The Bertz CT molecular complexity index is 1030. The van der Waals surface area contributed by atoms with Gasteiger partial charge in [0.25, 0.3) is 5.91 Å². The van der Waals surface area contributed by atoms with Gasteiger partial charge in [0.2, 0.25) is 0 Å². The lowest BCUT2D eigenvalue weighted by Crippen LogP contribution is -2.48. The molecule has 2 N–H and O–H groups in total. The van der Waals surface area contributed by atoms with Gasteiger partial charge in [-0.3, -0.25) is 9.69 Å². The maximum absolute atomic E-state index is 13.4. The molecular formula is C26H33N3O3. The van der Waals surface area contributed by atoms with E-state index in [0.29, 0.717) is 18.2 Å². The van der Waals surface area contributed by atoms with Gasteiger partial charge in [-0.25, -0.2) is 0 Å². The van der Waals surface area contributed by atoms with Crippen molar-refractivity contribution in [3.05, 3.63) is 52.6 Å². The van der Waals surface area contributed by atoms with Crippen LogP contribution in [0.25, 0.3) is 0 Å². The van der Waals surface area contributed by atoms with Gasteiger partial charge in [0.1, 0.15) is 18.1 Å². The molecule has 5 rings (SSSR count). The first kappa shape index (κ1) is 21.1. The molecule has 2 heterocycles. The standard InChI is InChI=1S/C26H33N3O3/c1-17-6-7-19(32-16-18-8-12-29(18)2)13-22(17)25(30)28-26(9-10-26)23-14-20(31-3)15-24-21(23)5-4-11-27-24/h6-7,13-15,18,27H,4-5,8-12,16H2,1-3H3,(H,28,30). The molecule has 1 saturated heterocycles. The van der Waals surface area contributed by atoms with Crippen LogP contribution in [0.15, 0.2) is 30.3 Å². The Balaban J connectivity index is 1.37. The minimum atomic E-state index is -0.313. The van der Waals surface area contributed by atoms with Crippen molar-refractivity contribution < 1.29 is 14.3 Å². The van der Waals surface area contributed by atoms with Crippen LogP contribution in [0, 0.1) is 6.92 Å². The van der Waals surface area contributed by atoms with Crippen LogP contribution in [0.3, 0.4) is 0 Å². The van der Waals surface area contributed by atoms with E-state index in [1.807, 2.05) is 25.1 Å². The van der Waals surface area contributed by atoms with Gasteiger partial charge in [-0.2, -0.15) is 0 Å². The predicted octanol–water partition coefficient (Wildman–Crippen LogP) is 3.86. The second kappa shape index (κ2) is 8.32. The number of hydrogen-bond donors (Lipinski definition) is 2. The van der Waals surface area contributed by atoms with E-state index in [9.17, 15) is 4.79 Å². The van der Waals surface area contributed by atoms with Crippen LogP contribution in [0.2, 0.25) is 0 Å². The zero-order valence-electron chi connectivity index (χ0n) is 19.3. The maximum Gasteiger partial charge on any atom is 0.252 e. The molecule has 1 amide bonds. The number of likely N-dealkylation sites (tertiary alicyclic amines) is 1. The van der Waals surface area contributed by atoms with Crippen LogP contribution in [0.5, 0.6) is 11.5 Å². The van der Waals surface area contributed by atoms with E-state index in [1.165, 1.54) is 11.1 Å². The number of benzene rings is 2. The Morgan fingerprint density at radius 3 is 2.78 bits per heavy atom. The summed E-state index contributed by atoms with van der Waals surface area (Å²) < 4.78 is 11.6. The van der Waals surface area contributed by atoms with Gasteiger partial charge in [-0.05, 0) is 87.5 Å². The van der Waals surface area contributed by atoms with Crippen LogP contribution >= 0.6 is 0 Å². The minimum absolute atomic E-state index is 0.0356. The number of ether oxygens (including phenoxy) is 2. The second-order valence-electron chi connectivity index (χ2n) is 9.48. The number of methoxy groups -OCH3 is 1. The number of likely N-dealkylation sites (N-methyl/N-ethyl adjacent to an activating group) is 1. The van der Waals surface area contributed by atoms with Gasteiger partial charge in [-0.15, -0.1) is 0 Å². The molecule has 2 aromatic carbocycles. The van der Waals surface area contributed by atoms with E-state index in [1.54, 1.807) is 7.11 Å². The Labute approximate surface area is 190 Å². The number of hydrogen-bond acceptors (Lipinski definition) is 5. The van der Waals surface area contributed by atoms with E-state index in [2.05, 4.69) is 34.7 Å². The number of amides is 1. The highest BCUT2D eigenvalue weighted by atomic mass is 16.5. The highest BCUT2D eigenvalue weighted by Crippen LogP contribution is 2.50. The fourth-order valence-corrected chi connectivity index (χ4v) is 4.89. The summed E-state index contributed by atoms with van der Waals surface area (Å²) in [6.07, 6.45) is 5.18. The molecule has 0 spiro atoms. The molecule has 1 saturated carbocycles. The quantitative estimate of drug-likeness (QED) is 0.692. The largest absolute Gasteiger partial charge is 0.497 e. The molecule has 170 valence electrons. The molecule has 3 aliphatic rings. The molecule has 2 aliphatic heterocycles. The van der Waals surface area contributed by atoms with E-state index in [0.717, 1.165) is 67.9 Å². The summed E-state index contributed by atoms with van der Waals surface area (Å²) >= 11 is 0. The molecule has 1 atom stereocenters. The Kier molecular flexibility index (Phi) is 5.49. The number of fused-ring (bicyclic) bond motifs is 1. The lowest BCUT2D eigenvalue weighted by molar-refractivity contribution is 0.0767. The second-order valence-corrected chi connectivity index (χ2v) is 9.48. The van der Waals surface area contributed by atoms with Gasteiger partial charge in [0.15, 0.2) is 0 Å². The van der Waals surface area contributed by atoms with Crippen LogP contribution < -0.4 is 20.1 Å². The van der Waals surface area contributed by atoms with Crippen LogP contribution in [-0.2, 0) is 12.0 Å². The van der Waals surface area contributed by atoms with E-state index >= 15 is 0 Å². The third-order valence-electron chi connectivity index (χ3n) is 7.33. The van der Waals surface area contributed by atoms with Crippen LogP contribution in [0.4, 0.5) is 5.69 Å². The highest BCUT2D eigenvalue weighted by Gasteiger charge is 2.48. The third kappa shape index (κ3) is 3.92. The number of aryl methyl sites for hydroxylation is 1. The van der Waals surface area contributed by atoms with Gasteiger partial charge in [-0.1, -0.05) is 6.07 Å². The summed E-state index contributed by atoms with van der Waals surface area (Å²) in [7, 11) is 3.82. The van der Waals surface area contributed by atoms with Gasteiger partial charge >= 0.3 is 0 Å². The maximum atomic E-state index is 13.4. The topological polar surface area (TPSA) is 62.8 Å². The molecule has 0 aromatic heterocycles. The molecule has 0 bridgehead atoms. The number of carbonyl (C=O) groups excluding carboxylic acids is 1. The SMILES string of the molecule is COc1cc2c(c(C3(NC(=O)c4cc(OCC5CCN5C)ccc4C)CC3)c1)CCCN2. The highest BCUT2D eigenvalue weighted by molar-refractivity contribution is 5.97. The zero-order valence-corrected chi connectivity index (χ0v) is 19.3. The van der Waals surface area contributed by atoms with Crippen molar-refractivity contribution in [1.29, 1.82) is 0 Å². The normalized spacial score (nSPS) is 21.0. The zero-order chi connectivity index (χ0) is 22.3. The number of nitrogens with zero attached hydrogens (tertiary/aromatic N) is 1. The molecule has 32 heavy (non-hydrogen) atoms. The average molecular weight is 436 g/mol. The number of rotatable bonds is 7. The van der Waals surface area contributed by atoms with Gasteiger partial charge in [0, 0.05) is 29.9 Å². The lowest BCUT2D eigenvalue weighted by atomic mass is 9.91. The first-order chi connectivity index (χ1) is 15.5. The molecular weight excluding hydrogens is 402 g/mol. The van der Waals surface area contributed by atoms with Gasteiger partial charge < -0.3 is 20.1 Å². The molecule has 2 aromatic rings. The number of carbonyl (C=O) groups is 1. The van der Waals surface area contributed by atoms with Crippen molar-refractivity contribution in [3.8, 4) is 11.5 Å². The Morgan fingerprint density at radius 2 is 2.09 bits per heavy atom. The summed E-state index contributed by atoms with van der Waals surface area (Å²) in [5.74, 6) is 1.56. The first-order valence-electron chi connectivity index (χ1n) is 11.7. The summed E-state index contributed by atoms with van der Waals surface area (Å²) in [5.41, 5.74) is 4.98. The monoisotopic (exact) mass is 435 g/mol. The van der Waals surface area contributed by atoms with Crippen LogP contribution in [-0.4, -0.2) is 50.7 Å².